The van der Waals surface area contributed by atoms with E-state index in [-0.39, 0.29) is 6.04 Å². The molecule has 1 atom stereocenters. The van der Waals surface area contributed by atoms with Crippen molar-refractivity contribution in [2.75, 3.05) is 0 Å². The minimum absolute atomic E-state index is 0.282. The van der Waals surface area contributed by atoms with Gasteiger partial charge in [0.15, 0.2) is 0 Å². The molecule has 0 aliphatic rings. The molecule has 3 nitrogen and oxygen atoms in total. The molecule has 2 N–H and O–H groups in total. The lowest BCUT2D eigenvalue weighted by atomic mass is 10.0. The first kappa shape index (κ1) is 18.2. The SMILES string of the molecule is CCCCCCCCCCCC(N)Cc1cc(C)nn1C. The van der Waals surface area contributed by atoms with Gasteiger partial charge in [0.05, 0.1) is 5.69 Å². The fourth-order valence-corrected chi connectivity index (χ4v) is 2.94. The van der Waals surface area contributed by atoms with E-state index in [0.717, 1.165) is 18.5 Å². The summed E-state index contributed by atoms with van der Waals surface area (Å²) in [4.78, 5) is 0. The highest BCUT2D eigenvalue weighted by molar-refractivity contribution is 5.09. The van der Waals surface area contributed by atoms with E-state index in [1.165, 1.54) is 63.5 Å². The second-order valence-corrected chi connectivity index (χ2v) is 6.48. The molecule has 1 aromatic heterocycles. The van der Waals surface area contributed by atoms with Crippen molar-refractivity contribution in [3.63, 3.8) is 0 Å². The first-order chi connectivity index (χ1) is 10.1. The fourth-order valence-electron chi connectivity index (χ4n) is 2.94. The van der Waals surface area contributed by atoms with Crippen LogP contribution in [0.25, 0.3) is 0 Å². The quantitative estimate of drug-likeness (QED) is 0.576. The molecule has 1 rings (SSSR count). The molecule has 0 radical (unpaired) electrons. The monoisotopic (exact) mass is 293 g/mol. The van der Waals surface area contributed by atoms with Crippen LogP contribution in [0.15, 0.2) is 6.07 Å². The van der Waals surface area contributed by atoms with Crippen LogP contribution in [0.1, 0.15) is 82.5 Å². The van der Waals surface area contributed by atoms with Crippen molar-refractivity contribution in [1.29, 1.82) is 0 Å². The molecular weight excluding hydrogens is 258 g/mol. The molecule has 3 heteroatoms. The molecule has 0 aliphatic carbocycles. The molecule has 1 aromatic rings. The number of aryl methyl sites for hydroxylation is 2. The van der Waals surface area contributed by atoms with Crippen molar-refractivity contribution in [1.82, 2.24) is 9.78 Å². The molecule has 0 saturated carbocycles. The standard InChI is InChI=1S/C18H35N3/c1-4-5-6-7-8-9-10-11-12-13-17(19)15-18-14-16(2)20-21(18)3/h14,17H,4-13,15,19H2,1-3H3. The predicted molar refractivity (Wildman–Crippen MR) is 91.5 cm³/mol. The molecule has 0 spiro atoms. The fraction of sp³-hybridized carbons (Fsp3) is 0.833. The van der Waals surface area contributed by atoms with Gasteiger partial charge in [0.2, 0.25) is 0 Å². The molecule has 0 saturated heterocycles. The summed E-state index contributed by atoms with van der Waals surface area (Å²) in [5, 5.41) is 4.38. The average molecular weight is 293 g/mol. The first-order valence-corrected chi connectivity index (χ1v) is 8.88. The number of hydrogen-bond acceptors (Lipinski definition) is 2. The summed E-state index contributed by atoms with van der Waals surface area (Å²) < 4.78 is 1.96. The second kappa shape index (κ2) is 10.8. The second-order valence-electron chi connectivity index (χ2n) is 6.48. The molecule has 0 bridgehead atoms. The Hall–Kier alpha value is -0.830. The van der Waals surface area contributed by atoms with Crippen molar-refractivity contribution in [2.45, 2.75) is 90.5 Å². The lowest BCUT2D eigenvalue weighted by Crippen LogP contribution is -2.23. The summed E-state index contributed by atoms with van der Waals surface area (Å²) in [6.07, 6.45) is 14.5. The van der Waals surface area contributed by atoms with Gasteiger partial charge in [0.1, 0.15) is 0 Å². The van der Waals surface area contributed by atoms with Crippen LogP contribution in [0, 0.1) is 6.92 Å². The molecule has 0 aliphatic heterocycles. The molecule has 1 unspecified atom stereocenters. The van der Waals surface area contributed by atoms with Gasteiger partial charge in [-0.25, -0.2) is 0 Å². The maximum absolute atomic E-state index is 6.24. The van der Waals surface area contributed by atoms with Gasteiger partial charge in [-0.05, 0) is 19.4 Å². The predicted octanol–water partition coefficient (Wildman–Crippen LogP) is 4.52. The highest BCUT2D eigenvalue weighted by atomic mass is 15.3. The van der Waals surface area contributed by atoms with Gasteiger partial charge in [0.25, 0.3) is 0 Å². The first-order valence-electron chi connectivity index (χ1n) is 8.88. The summed E-state index contributed by atoms with van der Waals surface area (Å²) in [6, 6.07) is 2.43. The number of hydrogen-bond donors (Lipinski definition) is 1. The van der Waals surface area contributed by atoms with Crippen LogP contribution in [0.4, 0.5) is 0 Å². The van der Waals surface area contributed by atoms with E-state index in [0.29, 0.717) is 0 Å². The average Bonchev–Trinajstić information content (AvgIpc) is 2.75. The van der Waals surface area contributed by atoms with Crippen LogP contribution in [0.3, 0.4) is 0 Å². The van der Waals surface area contributed by atoms with Gasteiger partial charge in [-0.2, -0.15) is 5.10 Å². The Labute approximate surface area is 131 Å². The van der Waals surface area contributed by atoms with Gasteiger partial charge in [-0.3, -0.25) is 4.68 Å². The zero-order valence-electron chi connectivity index (χ0n) is 14.4. The van der Waals surface area contributed by atoms with E-state index in [1.54, 1.807) is 0 Å². The van der Waals surface area contributed by atoms with Crippen molar-refractivity contribution < 1.29 is 0 Å². The Morgan fingerprint density at radius 2 is 1.62 bits per heavy atom. The minimum atomic E-state index is 0.282. The third-order valence-electron chi connectivity index (χ3n) is 4.25. The molecule has 0 aromatic carbocycles. The molecule has 122 valence electrons. The summed E-state index contributed by atoms with van der Waals surface area (Å²) in [7, 11) is 2.01. The third-order valence-corrected chi connectivity index (χ3v) is 4.25. The van der Waals surface area contributed by atoms with Crippen LogP contribution in [-0.2, 0) is 13.5 Å². The number of rotatable bonds is 12. The third kappa shape index (κ3) is 8.25. The molecule has 1 heterocycles. The smallest absolute Gasteiger partial charge is 0.0596 e. The van der Waals surface area contributed by atoms with Crippen molar-refractivity contribution in [3.8, 4) is 0 Å². The maximum atomic E-state index is 6.24. The highest BCUT2D eigenvalue weighted by Crippen LogP contribution is 2.12. The summed E-state index contributed by atoms with van der Waals surface area (Å²) in [6.45, 7) is 4.31. The van der Waals surface area contributed by atoms with E-state index in [4.69, 9.17) is 5.73 Å². The Kier molecular flexibility index (Phi) is 9.40. The lowest BCUT2D eigenvalue weighted by Gasteiger charge is -2.11. The summed E-state index contributed by atoms with van der Waals surface area (Å²) in [5.74, 6) is 0. The van der Waals surface area contributed by atoms with Gasteiger partial charge in [-0.15, -0.1) is 0 Å². The van der Waals surface area contributed by atoms with E-state index in [1.807, 2.05) is 18.7 Å². The van der Waals surface area contributed by atoms with Crippen LogP contribution in [-0.4, -0.2) is 15.8 Å². The van der Waals surface area contributed by atoms with Crippen molar-refractivity contribution >= 4 is 0 Å². The van der Waals surface area contributed by atoms with Crippen LogP contribution < -0.4 is 5.73 Å². The zero-order chi connectivity index (χ0) is 15.5. The Morgan fingerprint density at radius 3 is 2.14 bits per heavy atom. The van der Waals surface area contributed by atoms with E-state index in [2.05, 4.69) is 18.1 Å². The Bertz CT molecular complexity index is 371. The van der Waals surface area contributed by atoms with Gasteiger partial charge in [0, 0.05) is 25.2 Å². The maximum Gasteiger partial charge on any atom is 0.0596 e. The van der Waals surface area contributed by atoms with Crippen molar-refractivity contribution in [3.05, 3.63) is 17.5 Å². The zero-order valence-corrected chi connectivity index (χ0v) is 14.4. The van der Waals surface area contributed by atoms with Crippen LogP contribution in [0.5, 0.6) is 0 Å². The van der Waals surface area contributed by atoms with E-state index in [9.17, 15) is 0 Å². The lowest BCUT2D eigenvalue weighted by molar-refractivity contribution is 0.513. The summed E-state index contributed by atoms with van der Waals surface area (Å²) >= 11 is 0. The van der Waals surface area contributed by atoms with Crippen molar-refractivity contribution in [2.24, 2.45) is 12.8 Å². The van der Waals surface area contributed by atoms with Gasteiger partial charge < -0.3 is 5.73 Å². The Balaban J connectivity index is 1.98. The molecule has 0 fully saturated rings. The molecule has 0 amide bonds. The number of nitrogens with zero attached hydrogens (tertiary/aromatic N) is 2. The van der Waals surface area contributed by atoms with E-state index >= 15 is 0 Å². The molecular formula is C18H35N3. The van der Waals surface area contributed by atoms with Crippen LogP contribution >= 0.6 is 0 Å². The topological polar surface area (TPSA) is 43.8 Å². The van der Waals surface area contributed by atoms with E-state index < -0.39 is 0 Å². The minimum Gasteiger partial charge on any atom is -0.327 e. The number of aromatic nitrogens is 2. The van der Waals surface area contributed by atoms with Crippen LogP contribution in [0.2, 0.25) is 0 Å². The van der Waals surface area contributed by atoms with Gasteiger partial charge in [-0.1, -0.05) is 64.7 Å². The van der Waals surface area contributed by atoms with Gasteiger partial charge >= 0.3 is 0 Å². The largest absolute Gasteiger partial charge is 0.327 e. The molecule has 21 heavy (non-hydrogen) atoms. The Morgan fingerprint density at radius 1 is 1.05 bits per heavy atom. The highest BCUT2D eigenvalue weighted by Gasteiger charge is 2.08. The number of unbranched alkanes of at least 4 members (excludes halogenated alkanes) is 8. The normalized spacial score (nSPS) is 12.8. The number of nitrogens with two attached hydrogens (primary N) is 1. The summed E-state index contributed by atoms with van der Waals surface area (Å²) in [5.41, 5.74) is 8.58.